The molecule has 1 N–H and O–H groups in total. The average molecular weight is 411 g/mol. The van der Waals surface area contributed by atoms with Crippen LogP contribution in [-0.2, 0) is 0 Å². The second-order valence-electron chi connectivity index (χ2n) is 3.57. The van der Waals surface area contributed by atoms with Crippen molar-refractivity contribution < 1.29 is 9.18 Å². The van der Waals surface area contributed by atoms with E-state index in [9.17, 15) is 9.18 Å². The molecule has 0 saturated heterocycles. The van der Waals surface area contributed by atoms with E-state index in [1.807, 2.05) is 22.6 Å². The van der Waals surface area contributed by atoms with Crippen LogP contribution in [0.4, 0.5) is 10.1 Å². The van der Waals surface area contributed by atoms with Crippen molar-refractivity contribution in [1.82, 2.24) is 4.98 Å². The van der Waals surface area contributed by atoms with Gasteiger partial charge in [-0.25, -0.2) is 9.37 Å². The Hall–Kier alpha value is -0.920. The number of aromatic nitrogens is 1. The van der Waals surface area contributed by atoms with E-state index >= 15 is 0 Å². The van der Waals surface area contributed by atoms with Crippen molar-refractivity contribution in [3.05, 3.63) is 55.6 Å². The highest BCUT2D eigenvalue weighted by molar-refractivity contribution is 14.1. The number of carbonyl (C=O) groups excluding carboxylic acids is 1. The molecule has 0 unspecified atom stereocenters. The maximum absolute atomic E-state index is 13.0. The van der Waals surface area contributed by atoms with Crippen LogP contribution >= 0.6 is 45.8 Å². The van der Waals surface area contributed by atoms with Crippen LogP contribution in [-0.4, -0.2) is 10.9 Å². The van der Waals surface area contributed by atoms with Crippen LogP contribution in [0.1, 0.15) is 10.4 Å². The van der Waals surface area contributed by atoms with Gasteiger partial charge in [-0.1, -0.05) is 23.2 Å². The lowest BCUT2D eigenvalue weighted by molar-refractivity contribution is 0.102. The van der Waals surface area contributed by atoms with Gasteiger partial charge in [0.05, 0.1) is 16.3 Å². The molecule has 0 aliphatic carbocycles. The molecular formula is C12H6Cl2FIN2O. The van der Waals surface area contributed by atoms with E-state index in [1.54, 1.807) is 0 Å². The fourth-order valence-corrected chi connectivity index (χ4v) is 2.33. The number of amides is 1. The third-order valence-electron chi connectivity index (χ3n) is 2.25. The Labute approximate surface area is 132 Å². The van der Waals surface area contributed by atoms with Crippen molar-refractivity contribution in [3.63, 3.8) is 0 Å². The van der Waals surface area contributed by atoms with Crippen molar-refractivity contribution in [2.24, 2.45) is 0 Å². The van der Waals surface area contributed by atoms with E-state index in [2.05, 4.69) is 10.3 Å². The molecule has 0 atom stereocenters. The van der Waals surface area contributed by atoms with Gasteiger partial charge in [-0.2, -0.15) is 0 Å². The standard InChI is InChI=1S/C12H6Cl2FIN2O/c13-8-5-17-11(14)4-7(8)12(19)18-10-2-1-6(15)3-9(10)16/h1-5H,(H,18,19). The SMILES string of the molecule is O=C(Nc1ccc(F)cc1I)c1cc(Cl)ncc1Cl. The molecule has 0 aliphatic rings. The van der Waals surface area contributed by atoms with E-state index in [-0.39, 0.29) is 21.6 Å². The number of anilines is 1. The Kier molecular flexibility index (Phi) is 4.59. The topological polar surface area (TPSA) is 42.0 Å². The van der Waals surface area contributed by atoms with Crippen molar-refractivity contribution in [3.8, 4) is 0 Å². The third-order valence-corrected chi connectivity index (χ3v) is 3.65. The molecular weight excluding hydrogens is 405 g/mol. The van der Waals surface area contributed by atoms with Gasteiger partial charge in [0.2, 0.25) is 0 Å². The average Bonchev–Trinajstić information content (AvgIpc) is 2.35. The Morgan fingerprint density at radius 1 is 1.32 bits per heavy atom. The number of nitrogens with zero attached hydrogens (tertiary/aromatic N) is 1. The van der Waals surface area contributed by atoms with Crippen LogP contribution < -0.4 is 5.32 Å². The van der Waals surface area contributed by atoms with Gasteiger partial charge in [-0.05, 0) is 46.9 Å². The zero-order valence-corrected chi connectivity index (χ0v) is 12.9. The normalized spacial score (nSPS) is 10.3. The van der Waals surface area contributed by atoms with Crippen LogP contribution in [0.25, 0.3) is 0 Å². The zero-order chi connectivity index (χ0) is 14.0. The predicted molar refractivity (Wildman–Crippen MR) is 81.3 cm³/mol. The molecule has 0 bridgehead atoms. The summed E-state index contributed by atoms with van der Waals surface area (Å²) >= 11 is 13.5. The van der Waals surface area contributed by atoms with Crippen LogP contribution in [0, 0.1) is 9.39 Å². The second-order valence-corrected chi connectivity index (χ2v) is 5.52. The maximum Gasteiger partial charge on any atom is 0.257 e. The van der Waals surface area contributed by atoms with Gasteiger partial charge in [0.25, 0.3) is 5.91 Å². The lowest BCUT2D eigenvalue weighted by Gasteiger charge is -2.08. The number of pyridine rings is 1. The first-order valence-corrected chi connectivity index (χ1v) is 6.88. The summed E-state index contributed by atoms with van der Waals surface area (Å²) in [4.78, 5) is 15.8. The summed E-state index contributed by atoms with van der Waals surface area (Å²) in [6.45, 7) is 0. The van der Waals surface area contributed by atoms with Crippen LogP contribution in [0.2, 0.25) is 10.2 Å². The number of hydrogen-bond acceptors (Lipinski definition) is 2. The molecule has 2 aromatic rings. The molecule has 0 fully saturated rings. The molecule has 1 aromatic carbocycles. The first kappa shape index (κ1) is 14.5. The Bertz CT molecular complexity index is 652. The quantitative estimate of drug-likeness (QED) is 0.589. The number of nitrogens with one attached hydrogen (secondary N) is 1. The Morgan fingerprint density at radius 3 is 2.74 bits per heavy atom. The Morgan fingerprint density at radius 2 is 2.05 bits per heavy atom. The Balaban J connectivity index is 2.28. The van der Waals surface area contributed by atoms with Crippen molar-refractivity contribution in [2.75, 3.05) is 5.32 Å². The molecule has 1 amide bonds. The summed E-state index contributed by atoms with van der Waals surface area (Å²) in [6.07, 6.45) is 1.30. The maximum atomic E-state index is 13.0. The molecule has 0 radical (unpaired) electrons. The molecule has 7 heteroatoms. The summed E-state index contributed by atoms with van der Waals surface area (Å²) in [5, 5.41) is 3.00. The zero-order valence-electron chi connectivity index (χ0n) is 9.25. The van der Waals surface area contributed by atoms with E-state index in [4.69, 9.17) is 23.2 Å². The molecule has 0 saturated carbocycles. The van der Waals surface area contributed by atoms with Gasteiger partial charge >= 0.3 is 0 Å². The van der Waals surface area contributed by atoms with Crippen LogP contribution in [0.3, 0.4) is 0 Å². The number of hydrogen-bond donors (Lipinski definition) is 1. The summed E-state index contributed by atoms with van der Waals surface area (Å²) in [5.74, 6) is -0.800. The highest BCUT2D eigenvalue weighted by Crippen LogP contribution is 2.23. The summed E-state index contributed by atoms with van der Waals surface area (Å²) in [6, 6.07) is 5.43. The minimum absolute atomic E-state index is 0.170. The number of benzene rings is 1. The third kappa shape index (κ3) is 3.55. The number of carbonyl (C=O) groups is 1. The van der Waals surface area contributed by atoms with Crippen molar-refractivity contribution >= 4 is 57.4 Å². The first-order chi connectivity index (χ1) is 8.97. The molecule has 1 heterocycles. The minimum Gasteiger partial charge on any atom is -0.321 e. The largest absolute Gasteiger partial charge is 0.321 e. The first-order valence-electron chi connectivity index (χ1n) is 5.05. The molecule has 0 aliphatic heterocycles. The highest BCUT2D eigenvalue weighted by Gasteiger charge is 2.13. The summed E-state index contributed by atoms with van der Waals surface area (Å²) < 4.78 is 13.5. The summed E-state index contributed by atoms with van der Waals surface area (Å²) in [7, 11) is 0. The van der Waals surface area contributed by atoms with Gasteiger partial charge in [-0.15, -0.1) is 0 Å². The van der Waals surface area contributed by atoms with Gasteiger partial charge in [0.15, 0.2) is 0 Å². The van der Waals surface area contributed by atoms with Crippen LogP contribution in [0.15, 0.2) is 30.5 Å². The van der Waals surface area contributed by atoms with E-state index in [0.717, 1.165) is 0 Å². The fraction of sp³-hybridized carbons (Fsp3) is 0. The molecule has 3 nitrogen and oxygen atoms in total. The molecule has 2 rings (SSSR count). The van der Waals surface area contributed by atoms with Gasteiger partial charge < -0.3 is 5.32 Å². The minimum atomic E-state index is -0.432. The van der Waals surface area contributed by atoms with Crippen LogP contribution in [0.5, 0.6) is 0 Å². The lowest BCUT2D eigenvalue weighted by atomic mass is 10.2. The highest BCUT2D eigenvalue weighted by atomic mass is 127. The van der Waals surface area contributed by atoms with Gasteiger partial charge in [0, 0.05) is 9.77 Å². The van der Waals surface area contributed by atoms with Gasteiger partial charge in [-0.3, -0.25) is 4.79 Å². The molecule has 0 spiro atoms. The van der Waals surface area contributed by atoms with Crippen molar-refractivity contribution in [1.29, 1.82) is 0 Å². The van der Waals surface area contributed by atoms with Gasteiger partial charge in [0.1, 0.15) is 11.0 Å². The van der Waals surface area contributed by atoms with E-state index in [1.165, 1.54) is 30.5 Å². The molecule has 1 aromatic heterocycles. The van der Waals surface area contributed by atoms with E-state index in [0.29, 0.717) is 9.26 Å². The monoisotopic (exact) mass is 410 g/mol. The fourth-order valence-electron chi connectivity index (χ4n) is 1.37. The molecule has 98 valence electrons. The van der Waals surface area contributed by atoms with E-state index < -0.39 is 5.91 Å². The van der Waals surface area contributed by atoms with Crippen molar-refractivity contribution in [2.45, 2.75) is 0 Å². The lowest BCUT2D eigenvalue weighted by Crippen LogP contribution is -2.13. The second kappa shape index (κ2) is 6.02. The number of rotatable bonds is 2. The number of halogens is 4. The smallest absolute Gasteiger partial charge is 0.257 e. The predicted octanol–water partition coefficient (Wildman–Crippen LogP) is 4.38. The summed E-state index contributed by atoms with van der Waals surface area (Å²) in [5.41, 5.74) is 0.706. The molecule has 19 heavy (non-hydrogen) atoms.